The Kier molecular flexibility index (Phi) is 7.70. The summed E-state index contributed by atoms with van der Waals surface area (Å²) < 4.78 is 10.7. The molecule has 0 aromatic rings. The Morgan fingerprint density at radius 2 is 1.68 bits per heavy atom. The van der Waals surface area contributed by atoms with E-state index in [1.165, 1.54) is 5.57 Å². The number of rotatable bonds is 9. The smallest absolute Gasteiger partial charge is 0.249 e. The van der Waals surface area contributed by atoms with E-state index in [0.29, 0.717) is 39.5 Å². The Balaban J connectivity index is 2.52. The normalized spacial score (nSPS) is 14.2. The van der Waals surface area contributed by atoms with E-state index < -0.39 is 0 Å². The van der Waals surface area contributed by atoms with Crippen LogP contribution in [0.4, 0.5) is 0 Å². The Labute approximate surface area is 115 Å². The molecule has 19 heavy (non-hydrogen) atoms. The highest BCUT2D eigenvalue weighted by molar-refractivity contribution is 5.94. The van der Waals surface area contributed by atoms with E-state index in [2.05, 4.69) is 5.32 Å². The van der Waals surface area contributed by atoms with E-state index in [4.69, 9.17) is 9.47 Å². The predicted molar refractivity (Wildman–Crippen MR) is 75.1 cm³/mol. The second-order valence-corrected chi connectivity index (χ2v) is 4.52. The van der Waals surface area contributed by atoms with Crippen LogP contribution in [0.3, 0.4) is 0 Å². The molecule has 0 atom stereocenters. The average Bonchev–Trinajstić information content (AvgIpc) is 2.34. The quantitative estimate of drug-likeness (QED) is 0.497. The molecule has 5 heteroatoms. The molecule has 0 aromatic carbocycles. The van der Waals surface area contributed by atoms with Crippen LogP contribution in [0.5, 0.6) is 0 Å². The fourth-order valence-corrected chi connectivity index (χ4v) is 1.86. The van der Waals surface area contributed by atoms with Crippen LogP contribution in [0.25, 0.3) is 0 Å². The van der Waals surface area contributed by atoms with Gasteiger partial charge in [0.1, 0.15) is 0 Å². The van der Waals surface area contributed by atoms with Crippen molar-refractivity contribution in [1.29, 1.82) is 0 Å². The molecular weight excluding hydrogens is 244 g/mol. The molecule has 0 aromatic heterocycles. The third kappa shape index (κ3) is 5.30. The second-order valence-electron chi connectivity index (χ2n) is 4.52. The summed E-state index contributed by atoms with van der Waals surface area (Å²) >= 11 is 0. The van der Waals surface area contributed by atoms with Gasteiger partial charge in [-0.1, -0.05) is 0 Å². The van der Waals surface area contributed by atoms with Crippen molar-refractivity contribution in [2.75, 3.05) is 52.6 Å². The standard InChI is InChI=1S/C14H26N2O3/c1-4-18-8-6-16(7-9-19-5-2)14(17)12(3)13-10-15-11-13/h15H,4-11H2,1-3H3. The lowest BCUT2D eigenvalue weighted by atomic mass is 10.0. The van der Waals surface area contributed by atoms with Gasteiger partial charge in [0.05, 0.1) is 13.2 Å². The van der Waals surface area contributed by atoms with Crippen molar-refractivity contribution in [3.05, 3.63) is 11.1 Å². The number of amides is 1. The summed E-state index contributed by atoms with van der Waals surface area (Å²) in [4.78, 5) is 14.2. The van der Waals surface area contributed by atoms with Crippen molar-refractivity contribution in [2.45, 2.75) is 20.8 Å². The van der Waals surface area contributed by atoms with Crippen LogP contribution in [0.1, 0.15) is 20.8 Å². The molecule has 5 nitrogen and oxygen atoms in total. The molecule has 0 saturated carbocycles. The molecule has 0 radical (unpaired) electrons. The fourth-order valence-electron chi connectivity index (χ4n) is 1.86. The van der Waals surface area contributed by atoms with Crippen LogP contribution in [0.15, 0.2) is 11.1 Å². The van der Waals surface area contributed by atoms with Crippen LogP contribution >= 0.6 is 0 Å². The van der Waals surface area contributed by atoms with Crippen molar-refractivity contribution in [2.24, 2.45) is 0 Å². The van der Waals surface area contributed by atoms with E-state index >= 15 is 0 Å². The Hall–Kier alpha value is -0.910. The van der Waals surface area contributed by atoms with E-state index in [1.54, 1.807) is 0 Å². The third-order valence-electron chi connectivity index (χ3n) is 3.23. The molecule has 1 saturated heterocycles. The summed E-state index contributed by atoms with van der Waals surface area (Å²) in [5.74, 6) is 0.107. The van der Waals surface area contributed by atoms with Gasteiger partial charge in [0.25, 0.3) is 0 Å². The highest BCUT2D eigenvalue weighted by Gasteiger charge is 2.20. The van der Waals surface area contributed by atoms with E-state index in [1.807, 2.05) is 25.7 Å². The Morgan fingerprint density at radius 1 is 1.16 bits per heavy atom. The van der Waals surface area contributed by atoms with Gasteiger partial charge in [0.2, 0.25) is 5.91 Å². The van der Waals surface area contributed by atoms with E-state index in [0.717, 1.165) is 18.7 Å². The van der Waals surface area contributed by atoms with Crippen LogP contribution < -0.4 is 5.32 Å². The Morgan fingerprint density at radius 3 is 2.05 bits per heavy atom. The number of nitrogens with zero attached hydrogens (tertiary/aromatic N) is 1. The van der Waals surface area contributed by atoms with Gasteiger partial charge in [0.15, 0.2) is 0 Å². The van der Waals surface area contributed by atoms with Gasteiger partial charge in [-0.05, 0) is 26.3 Å². The van der Waals surface area contributed by atoms with Gasteiger partial charge < -0.3 is 19.7 Å². The summed E-state index contributed by atoms with van der Waals surface area (Å²) in [6.45, 7) is 11.3. The van der Waals surface area contributed by atoms with Crippen molar-refractivity contribution in [3.63, 3.8) is 0 Å². The first kappa shape index (κ1) is 16.1. The molecule has 1 aliphatic rings. The first-order valence-corrected chi connectivity index (χ1v) is 7.04. The number of hydrogen-bond acceptors (Lipinski definition) is 4. The first-order valence-electron chi connectivity index (χ1n) is 7.04. The predicted octanol–water partition coefficient (Wildman–Crippen LogP) is 0.808. The molecule has 0 unspecified atom stereocenters. The summed E-state index contributed by atoms with van der Waals surface area (Å²) in [6.07, 6.45) is 0. The molecule has 110 valence electrons. The maximum Gasteiger partial charge on any atom is 0.249 e. The van der Waals surface area contributed by atoms with E-state index in [9.17, 15) is 4.79 Å². The topological polar surface area (TPSA) is 50.8 Å². The highest BCUT2D eigenvalue weighted by Crippen LogP contribution is 2.12. The number of carbonyl (C=O) groups excluding carboxylic acids is 1. The Bertz CT molecular complexity index is 300. The maximum absolute atomic E-state index is 12.4. The molecule has 1 amide bonds. The van der Waals surface area contributed by atoms with Crippen LogP contribution in [-0.2, 0) is 14.3 Å². The lowest BCUT2D eigenvalue weighted by molar-refractivity contribution is -0.128. The number of hydrogen-bond donors (Lipinski definition) is 1. The number of nitrogens with one attached hydrogen (secondary N) is 1. The molecule has 1 aliphatic heterocycles. The van der Waals surface area contributed by atoms with Crippen LogP contribution in [-0.4, -0.2) is 63.4 Å². The molecule has 1 heterocycles. The van der Waals surface area contributed by atoms with Gasteiger partial charge in [-0.2, -0.15) is 0 Å². The zero-order chi connectivity index (χ0) is 14.1. The highest BCUT2D eigenvalue weighted by atomic mass is 16.5. The lowest BCUT2D eigenvalue weighted by Crippen LogP contribution is -2.41. The van der Waals surface area contributed by atoms with Gasteiger partial charge in [-0.3, -0.25) is 4.79 Å². The largest absolute Gasteiger partial charge is 0.380 e. The fraction of sp³-hybridized carbons (Fsp3) is 0.786. The molecule has 0 bridgehead atoms. The molecular formula is C14H26N2O3. The zero-order valence-corrected chi connectivity index (χ0v) is 12.3. The minimum absolute atomic E-state index is 0.107. The second kappa shape index (κ2) is 9.07. The van der Waals surface area contributed by atoms with Gasteiger partial charge >= 0.3 is 0 Å². The summed E-state index contributed by atoms with van der Waals surface area (Å²) in [5, 5.41) is 3.16. The van der Waals surface area contributed by atoms with Crippen molar-refractivity contribution in [3.8, 4) is 0 Å². The summed E-state index contributed by atoms with van der Waals surface area (Å²) in [7, 11) is 0. The third-order valence-corrected chi connectivity index (χ3v) is 3.23. The monoisotopic (exact) mass is 270 g/mol. The van der Waals surface area contributed by atoms with Gasteiger partial charge in [-0.25, -0.2) is 0 Å². The minimum atomic E-state index is 0.107. The van der Waals surface area contributed by atoms with Crippen molar-refractivity contribution in [1.82, 2.24) is 10.2 Å². The molecule has 1 N–H and O–H groups in total. The summed E-state index contributed by atoms with van der Waals surface area (Å²) in [6, 6.07) is 0. The molecule has 0 aliphatic carbocycles. The first-order chi connectivity index (χ1) is 9.20. The zero-order valence-electron chi connectivity index (χ0n) is 12.3. The molecule has 1 rings (SSSR count). The maximum atomic E-state index is 12.4. The van der Waals surface area contributed by atoms with Crippen molar-refractivity contribution < 1.29 is 14.3 Å². The number of carbonyl (C=O) groups is 1. The van der Waals surface area contributed by atoms with Crippen LogP contribution in [0.2, 0.25) is 0 Å². The lowest BCUT2D eigenvalue weighted by Gasteiger charge is -2.27. The SMILES string of the molecule is CCOCCN(CCOCC)C(=O)C(C)=C1CNC1. The molecule has 1 fully saturated rings. The average molecular weight is 270 g/mol. The van der Waals surface area contributed by atoms with Crippen molar-refractivity contribution >= 4 is 5.91 Å². The van der Waals surface area contributed by atoms with E-state index in [-0.39, 0.29) is 5.91 Å². The van der Waals surface area contributed by atoms with Gasteiger partial charge in [-0.15, -0.1) is 0 Å². The minimum Gasteiger partial charge on any atom is -0.380 e. The number of ether oxygens (including phenoxy) is 2. The van der Waals surface area contributed by atoms with Crippen LogP contribution in [0, 0.1) is 0 Å². The molecule has 0 spiro atoms. The summed E-state index contributed by atoms with van der Waals surface area (Å²) in [5.41, 5.74) is 2.08. The van der Waals surface area contributed by atoms with Gasteiger partial charge in [0, 0.05) is 45.0 Å².